The normalized spacial score (nSPS) is 29.9. The number of carbonyl (C=O) groups excluding carboxylic acids is 1. The molecule has 0 aliphatic heterocycles. The summed E-state index contributed by atoms with van der Waals surface area (Å²) in [5, 5.41) is 14.9. The van der Waals surface area contributed by atoms with Gasteiger partial charge in [-0.3, -0.25) is 14.9 Å². The molecule has 8 heteroatoms. The van der Waals surface area contributed by atoms with Crippen molar-refractivity contribution in [1.29, 1.82) is 0 Å². The Morgan fingerprint density at radius 1 is 1.07 bits per heavy atom. The van der Waals surface area contributed by atoms with Gasteiger partial charge in [0.15, 0.2) is 5.75 Å². The Labute approximate surface area is 176 Å². The average Bonchev–Trinajstić information content (AvgIpc) is 2.70. The molecule has 0 aromatic heterocycles. The highest BCUT2D eigenvalue weighted by atomic mass is 16.6. The van der Waals surface area contributed by atoms with Gasteiger partial charge in [0, 0.05) is 12.1 Å². The fourth-order valence-corrected chi connectivity index (χ4v) is 6.63. The molecule has 1 amide bonds. The van der Waals surface area contributed by atoms with Crippen molar-refractivity contribution in [1.82, 2.24) is 5.32 Å². The molecule has 4 bridgehead atoms. The maximum Gasteiger partial charge on any atom is 0.327 e. The molecule has 0 heterocycles. The lowest BCUT2D eigenvalue weighted by atomic mass is 9.48. The topological polar surface area (TPSA) is 99.9 Å². The molecule has 164 valence electrons. The van der Waals surface area contributed by atoms with Crippen LogP contribution in [-0.2, 0) is 0 Å². The second-order valence-electron chi connectivity index (χ2n) is 9.27. The highest BCUT2D eigenvalue weighted by Crippen LogP contribution is 2.61. The summed E-state index contributed by atoms with van der Waals surface area (Å²) >= 11 is 0. The number of rotatable bonds is 7. The van der Waals surface area contributed by atoms with Crippen LogP contribution in [0.4, 0.5) is 5.69 Å². The summed E-state index contributed by atoms with van der Waals surface area (Å²) in [6, 6.07) is 1.30. The van der Waals surface area contributed by atoms with Gasteiger partial charge in [0.2, 0.25) is 11.5 Å². The molecule has 1 unspecified atom stereocenters. The lowest BCUT2D eigenvalue weighted by Gasteiger charge is -2.59. The first-order valence-electron chi connectivity index (χ1n) is 10.6. The molecule has 0 radical (unpaired) electrons. The van der Waals surface area contributed by atoms with Crippen LogP contribution in [0, 0.1) is 33.3 Å². The van der Waals surface area contributed by atoms with Crippen molar-refractivity contribution >= 4 is 11.6 Å². The van der Waals surface area contributed by atoms with E-state index < -0.39 is 16.5 Å². The number of carbonyl (C=O) groups is 1. The summed E-state index contributed by atoms with van der Waals surface area (Å²) in [5.74, 6) is 1.98. The zero-order valence-corrected chi connectivity index (χ0v) is 18.0. The third-order valence-electron chi connectivity index (χ3n) is 7.58. The highest BCUT2D eigenvalue weighted by Gasteiger charge is 2.53. The van der Waals surface area contributed by atoms with E-state index in [-0.39, 0.29) is 34.3 Å². The summed E-state index contributed by atoms with van der Waals surface area (Å²) < 4.78 is 15.8. The Kier molecular flexibility index (Phi) is 5.28. The summed E-state index contributed by atoms with van der Waals surface area (Å²) in [5.41, 5.74) is -0.392. The molecule has 1 N–H and O–H groups in total. The van der Waals surface area contributed by atoms with Crippen molar-refractivity contribution in [2.24, 2.45) is 23.2 Å². The highest BCUT2D eigenvalue weighted by molar-refractivity contribution is 6.00. The summed E-state index contributed by atoms with van der Waals surface area (Å²) in [4.78, 5) is 24.5. The van der Waals surface area contributed by atoms with Crippen LogP contribution in [-0.4, -0.2) is 38.2 Å². The van der Waals surface area contributed by atoms with Gasteiger partial charge in [-0.05, 0) is 68.6 Å². The number of nitro groups is 1. The zero-order valence-electron chi connectivity index (χ0n) is 18.0. The Balaban J connectivity index is 1.65. The number of nitrogens with one attached hydrogen (secondary N) is 1. The number of hydrogen-bond acceptors (Lipinski definition) is 6. The number of nitrogens with zero attached hydrogens (tertiary/aromatic N) is 1. The van der Waals surface area contributed by atoms with Gasteiger partial charge in [-0.15, -0.1) is 0 Å². The molecule has 0 spiro atoms. The summed E-state index contributed by atoms with van der Waals surface area (Å²) in [6.45, 7) is 2.05. The number of nitro benzene ring substituents is 1. The van der Waals surface area contributed by atoms with Gasteiger partial charge < -0.3 is 19.5 Å². The van der Waals surface area contributed by atoms with E-state index in [1.165, 1.54) is 46.7 Å². The van der Waals surface area contributed by atoms with Crippen molar-refractivity contribution in [3.63, 3.8) is 0 Å². The predicted molar refractivity (Wildman–Crippen MR) is 110 cm³/mol. The fourth-order valence-electron chi connectivity index (χ4n) is 6.63. The molecule has 4 aliphatic rings. The largest absolute Gasteiger partial charge is 0.493 e. The number of methoxy groups -OCH3 is 3. The van der Waals surface area contributed by atoms with Gasteiger partial charge in [0.1, 0.15) is 5.56 Å². The maximum absolute atomic E-state index is 13.2. The fraction of sp³-hybridized carbons (Fsp3) is 0.682. The first-order chi connectivity index (χ1) is 14.3. The van der Waals surface area contributed by atoms with Crippen LogP contribution in [0.5, 0.6) is 17.2 Å². The minimum atomic E-state index is -0.606. The van der Waals surface area contributed by atoms with Gasteiger partial charge in [0.25, 0.3) is 5.91 Å². The van der Waals surface area contributed by atoms with E-state index >= 15 is 0 Å². The first kappa shape index (κ1) is 20.8. The molecular weight excluding hydrogens is 388 g/mol. The zero-order chi connectivity index (χ0) is 21.6. The van der Waals surface area contributed by atoms with Gasteiger partial charge in [-0.1, -0.05) is 0 Å². The van der Waals surface area contributed by atoms with Crippen molar-refractivity contribution in [2.75, 3.05) is 21.3 Å². The Hall–Kier alpha value is -2.51. The van der Waals surface area contributed by atoms with E-state index in [9.17, 15) is 14.9 Å². The van der Waals surface area contributed by atoms with Crippen molar-refractivity contribution < 1.29 is 23.9 Å². The van der Waals surface area contributed by atoms with Gasteiger partial charge in [-0.25, -0.2) is 0 Å². The van der Waals surface area contributed by atoms with Crippen molar-refractivity contribution in [3.05, 3.63) is 21.7 Å². The molecule has 4 saturated carbocycles. The second-order valence-corrected chi connectivity index (χ2v) is 9.27. The second kappa shape index (κ2) is 7.63. The first-order valence-corrected chi connectivity index (χ1v) is 10.6. The van der Waals surface area contributed by atoms with Crippen LogP contribution in [0.15, 0.2) is 6.07 Å². The van der Waals surface area contributed by atoms with E-state index in [2.05, 4.69) is 12.2 Å². The summed E-state index contributed by atoms with van der Waals surface area (Å²) in [6.07, 6.45) is 7.36. The molecule has 1 atom stereocenters. The Morgan fingerprint density at radius 3 is 2.03 bits per heavy atom. The standard InChI is InChI=1S/C22H30N2O6/c1-12(22-9-13-5-14(10-22)7-15(6-13)11-22)23-21(25)16-8-17(28-2)19(29-3)20(30-4)18(16)24(26)27/h8,12-15H,5-7,9-11H2,1-4H3,(H,23,25). The van der Waals surface area contributed by atoms with Crippen LogP contribution in [0.2, 0.25) is 0 Å². The molecule has 1 aromatic carbocycles. The molecule has 0 saturated heterocycles. The molecule has 8 nitrogen and oxygen atoms in total. The quantitative estimate of drug-likeness (QED) is 0.531. The van der Waals surface area contributed by atoms with E-state index in [0.29, 0.717) is 0 Å². The van der Waals surface area contributed by atoms with Crippen LogP contribution in [0.3, 0.4) is 0 Å². The van der Waals surface area contributed by atoms with E-state index in [1.807, 2.05) is 0 Å². The van der Waals surface area contributed by atoms with E-state index in [1.54, 1.807) is 0 Å². The van der Waals surface area contributed by atoms with Crippen LogP contribution in [0.25, 0.3) is 0 Å². The number of ether oxygens (including phenoxy) is 3. The Morgan fingerprint density at radius 2 is 1.60 bits per heavy atom. The predicted octanol–water partition coefficient (Wildman–Crippen LogP) is 3.96. The van der Waals surface area contributed by atoms with Gasteiger partial charge in [-0.2, -0.15) is 0 Å². The minimum Gasteiger partial charge on any atom is -0.493 e. The van der Waals surface area contributed by atoms with Crippen LogP contribution < -0.4 is 19.5 Å². The third-order valence-corrected chi connectivity index (χ3v) is 7.58. The average molecular weight is 418 g/mol. The molecule has 4 fully saturated rings. The van der Waals surface area contributed by atoms with E-state index in [4.69, 9.17) is 14.2 Å². The SMILES string of the molecule is COc1cc(C(=O)NC(C)C23CC4CC(CC(C4)C2)C3)c([N+](=O)[O-])c(OC)c1OC. The van der Waals surface area contributed by atoms with Gasteiger partial charge in [0.05, 0.1) is 26.3 Å². The van der Waals surface area contributed by atoms with Crippen molar-refractivity contribution in [2.45, 2.75) is 51.5 Å². The lowest BCUT2D eigenvalue weighted by Crippen LogP contribution is -2.55. The van der Waals surface area contributed by atoms with Crippen molar-refractivity contribution in [3.8, 4) is 17.2 Å². The number of amides is 1. The number of benzene rings is 1. The van der Waals surface area contributed by atoms with Crippen LogP contribution in [0.1, 0.15) is 55.8 Å². The number of hydrogen-bond donors (Lipinski definition) is 1. The monoisotopic (exact) mass is 418 g/mol. The molecular formula is C22H30N2O6. The molecule has 4 aliphatic carbocycles. The lowest BCUT2D eigenvalue weighted by molar-refractivity contribution is -0.386. The summed E-state index contributed by atoms with van der Waals surface area (Å²) in [7, 11) is 4.10. The van der Waals surface area contributed by atoms with E-state index in [0.717, 1.165) is 37.0 Å². The maximum atomic E-state index is 13.2. The molecule has 5 rings (SSSR count). The molecule has 30 heavy (non-hydrogen) atoms. The third kappa shape index (κ3) is 3.26. The minimum absolute atomic E-state index is 0.0582. The van der Waals surface area contributed by atoms with Crippen LogP contribution >= 0.6 is 0 Å². The Bertz CT molecular complexity index is 832. The van der Waals surface area contributed by atoms with Gasteiger partial charge >= 0.3 is 5.69 Å². The smallest absolute Gasteiger partial charge is 0.327 e. The molecule has 1 aromatic rings.